The highest BCUT2D eigenvalue weighted by Crippen LogP contribution is 2.22. The van der Waals surface area contributed by atoms with Crippen LogP contribution in [0.3, 0.4) is 0 Å². The highest BCUT2D eigenvalue weighted by atomic mass is 32.2. The Kier molecular flexibility index (Phi) is 6.36. The minimum Gasteiger partial charge on any atom is -0.466 e. The SMILES string of the molecule is CCOC(=O)Cc1csc(NC(=O)CSc2nc3ccccc3nc2C)n1. The monoisotopic (exact) mass is 402 g/mol. The van der Waals surface area contributed by atoms with Crippen molar-refractivity contribution in [1.82, 2.24) is 15.0 Å². The van der Waals surface area contributed by atoms with E-state index in [-0.39, 0.29) is 24.1 Å². The zero-order valence-electron chi connectivity index (χ0n) is 14.9. The summed E-state index contributed by atoms with van der Waals surface area (Å²) in [6.45, 7) is 3.97. The van der Waals surface area contributed by atoms with E-state index in [1.54, 1.807) is 12.3 Å². The molecule has 0 aliphatic heterocycles. The maximum Gasteiger partial charge on any atom is 0.311 e. The first-order valence-electron chi connectivity index (χ1n) is 8.31. The van der Waals surface area contributed by atoms with Crippen LogP contribution in [0.4, 0.5) is 5.13 Å². The van der Waals surface area contributed by atoms with Crippen LogP contribution in [-0.2, 0) is 20.7 Å². The summed E-state index contributed by atoms with van der Waals surface area (Å²) in [7, 11) is 0. The average molecular weight is 403 g/mol. The van der Waals surface area contributed by atoms with Crippen LogP contribution in [0.15, 0.2) is 34.7 Å². The highest BCUT2D eigenvalue weighted by molar-refractivity contribution is 8.00. The molecule has 1 amide bonds. The van der Waals surface area contributed by atoms with Crippen LogP contribution in [-0.4, -0.2) is 39.2 Å². The predicted octanol–water partition coefficient (Wildman–Crippen LogP) is 3.23. The largest absolute Gasteiger partial charge is 0.466 e. The molecule has 0 saturated heterocycles. The van der Waals surface area contributed by atoms with Gasteiger partial charge in [0, 0.05) is 5.38 Å². The van der Waals surface area contributed by atoms with E-state index in [0.717, 1.165) is 21.8 Å². The maximum atomic E-state index is 12.2. The van der Waals surface area contributed by atoms with Gasteiger partial charge in [-0.25, -0.2) is 15.0 Å². The van der Waals surface area contributed by atoms with Gasteiger partial charge in [0.05, 0.1) is 41.2 Å². The smallest absolute Gasteiger partial charge is 0.311 e. The zero-order valence-corrected chi connectivity index (χ0v) is 16.5. The number of ether oxygens (including phenoxy) is 1. The molecule has 27 heavy (non-hydrogen) atoms. The quantitative estimate of drug-likeness (QED) is 0.479. The van der Waals surface area contributed by atoms with Crippen molar-refractivity contribution in [2.45, 2.75) is 25.3 Å². The second kappa shape index (κ2) is 8.92. The number of rotatable bonds is 7. The van der Waals surface area contributed by atoms with Gasteiger partial charge in [0.1, 0.15) is 5.03 Å². The molecule has 0 aliphatic carbocycles. The molecule has 0 aliphatic rings. The van der Waals surface area contributed by atoms with Gasteiger partial charge in [-0.15, -0.1) is 11.3 Å². The third-order valence-electron chi connectivity index (χ3n) is 3.47. The number of thiazole rings is 1. The Morgan fingerprint density at radius 1 is 1.19 bits per heavy atom. The fourth-order valence-electron chi connectivity index (χ4n) is 2.30. The van der Waals surface area contributed by atoms with Crippen molar-refractivity contribution in [1.29, 1.82) is 0 Å². The van der Waals surface area contributed by atoms with Crippen LogP contribution >= 0.6 is 23.1 Å². The Hall–Kier alpha value is -2.52. The van der Waals surface area contributed by atoms with E-state index >= 15 is 0 Å². The predicted molar refractivity (Wildman–Crippen MR) is 106 cm³/mol. The fraction of sp³-hybridized carbons (Fsp3) is 0.278. The van der Waals surface area contributed by atoms with Crippen molar-refractivity contribution in [3.8, 4) is 0 Å². The van der Waals surface area contributed by atoms with Gasteiger partial charge < -0.3 is 10.1 Å². The second-order valence-electron chi connectivity index (χ2n) is 5.57. The molecule has 140 valence electrons. The van der Waals surface area contributed by atoms with Crippen molar-refractivity contribution >= 4 is 51.1 Å². The first kappa shape index (κ1) is 19.2. The molecule has 3 rings (SSSR count). The molecular formula is C18H18N4O3S2. The van der Waals surface area contributed by atoms with Gasteiger partial charge >= 0.3 is 5.97 Å². The number of hydrogen-bond donors (Lipinski definition) is 1. The topological polar surface area (TPSA) is 94.1 Å². The number of para-hydroxylation sites is 2. The number of thioether (sulfide) groups is 1. The van der Waals surface area contributed by atoms with Crippen LogP contribution in [0, 0.1) is 6.92 Å². The molecule has 0 unspecified atom stereocenters. The summed E-state index contributed by atoms with van der Waals surface area (Å²) in [5.74, 6) is -0.325. The summed E-state index contributed by atoms with van der Waals surface area (Å²) in [5.41, 5.74) is 3.00. The Balaban J connectivity index is 1.56. The van der Waals surface area contributed by atoms with Gasteiger partial charge in [0.2, 0.25) is 5.91 Å². The third kappa shape index (κ3) is 5.24. The van der Waals surface area contributed by atoms with E-state index < -0.39 is 0 Å². The lowest BCUT2D eigenvalue weighted by Crippen LogP contribution is -2.14. The summed E-state index contributed by atoms with van der Waals surface area (Å²) in [5, 5.41) is 5.66. The number of anilines is 1. The average Bonchev–Trinajstić information content (AvgIpc) is 3.06. The van der Waals surface area contributed by atoms with Gasteiger partial charge in [-0.3, -0.25) is 9.59 Å². The van der Waals surface area contributed by atoms with Crippen LogP contribution in [0.5, 0.6) is 0 Å². The summed E-state index contributed by atoms with van der Waals surface area (Å²) in [4.78, 5) is 37.0. The van der Waals surface area contributed by atoms with Crippen molar-refractivity contribution in [3.05, 3.63) is 41.0 Å². The lowest BCUT2D eigenvalue weighted by atomic mass is 10.3. The van der Waals surface area contributed by atoms with Crippen LogP contribution < -0.4 is 5.32 Å². The minimum absolute atomic E-state index is 0.0980. The normalized spacial score (nSPS) is 10.7. The van der Waals surface area contributed by atoms with E-state index in [0.29, 0.717) is 17.4 Å². The molecule has 0 radical (unpaired) electrons. The van der Waals surface area contributed by atoms with E-state index in [4.69, 9.17) is 4.74 Å². The van der Waals surface area contributed by atoms with Crippen LogP contribution in [0.1, 0.15) is 18.3 Å². The molecule has 0 bridgehead atoms. The summed E-state index contributed by atoms with van der Waals surface area (Å²) in [6, 6.07) is 7.63. The third-order valence-corrected chi connectivity index (χ3v) is 5.34. The standard InChI is InChI=1S/C18H18N4O3S2/c1-3-25-16(24)8-12-9-27-18(20-12)22-15(23)10-26-17-11(2)19-13-6-4-5-7-14(13)21-17/h4-7,9H,3,8,10H2,1-2H3,(H,20,22,23). The lowest BCUT2D eigenvalue weighted by molar-refractivity contribution is -0.142. The van der Waals surface area contributed by atoms with Gasteiger partial charge in [-0.1, -0.05) is 23.9 Å². The number of carbonyl (C=O) groups is 2. The van der Waals surface area contributed by atoms with Crippen molar-refractivity contribution in [3.63, 3.8) is 0 Å². The Bertz CT molecular complexity index is 974. The van der Waals surface area contributed by atoms with Crippen molar-refractivity contribution < 1.29 is 14.3 Å². The van der Waals surface area contributed by atoms with Crippen LogP contribution in [0.25, 0.3) is 11.0 Å². The Morgan fingerprint density at radius 3 is 2.67 bits per heavy atom. The number of nitrogens with one attached hydrogen (secondary N) is 1. The van der Waals surface area contributed by atoms with E-state index in [1.807, 2.05) is 31.2 Å². The molecule has 0 saturated carbocycles. The summed E-state index contributed by atoms with van der Waals surface area (Å²) < 4.78 is 4.89. The summed E-state index contributed by atoms with van der Waals surface area (Å²) in [6.07, 6.45) is 0.0980. The van der Waals surface area contributed by atoms with Gasteiger partial charge in [0.25, 0.3) is 0 Å². The van der Waals surface area contributed by atoms with Crippen LogP contribution in [0.2, 0.25) is 0 Å². The highest BCUT2D eigenvalue weighted by Gasteiger charge is 2.12. The molecule has 2 aromatic heterocycles. The van der Waals surface area contributed by atoms with E-state index in [9.17, 15) is 9.59 Å². The number of fused-ring (bicyclic) bond motifs is 1. The first-order chi connectivity index (χ1) is 13.0. The Morgan fingerprint density at radius 2 is 1.93 bits per heavy atom. The second-order valence-corrected chi connectivity index (χ2v) is 7.39. The fourth-order valence-corrected chi connectivity index (χ4v) is 3.79. The number of aromatic nitrogens is 3. The summed E-state index contributed by atoms with van der Waals surface area (Å²) >= 11 is 2.61. The van der Waals surface area contributed by atoms with Gasteiger partial charge in [-0.05, 0) is 26.0 Å². The lowest BCUT2D eigenvalue weighted by Gasteiger charge is -2.06. The number of esters is 1. The van der Waals surface area contributed by atoms with Gasteiger partial charge in [-0.2, -0.15) is 0 Å². The molecule has 9 heteroatoms. The molecule has 0 fully saturated rings. The molecule has 0 atom stereocenters. The minimum atomic E-state index is -0.332. The molecule has 2 heterocycles. The maximum absolute atomic E-state index is 12.2. The molecule has 0 spiro atoms. The molecule has 7 nitrogen and oxygen atoms in total. The van der Waals surface area contributed by atoms with E-state index in [1.165, 1.54) is 23.1 Å². The van der Waals surface area contributed by atoms with Crippen molar-refractivity contribution in [2.75, 3.05) is 17.7 Å². The molecule has 1 aromatic carbocycles. The zero-order chi connectivity index (χ0) is 19.2. The van der Waals surface area contributed by atoms with Crippen molar-refractivity contribution in [2.24, 2.45) is 0 Å². The molecular weight excluding hydrogens is 384 g/mol. The number of carbonyl (C=O) groups excluding carboxylic acids is 2. The number of amides is 1. The van der Waals surface area contributed by atoms with Gasteiger partial charge in [0.15, 0.2) is 5.13 Å². The Labute approximate surface area is 164 Å². The first-order valence-corrected chi connectivity index (χ1v) is 10.2. The number of benzene rings is 1. The number of aryl methyl sites for hydroxylation is 1. The van der Waals surface area contributed by atoms with E-state index in [2.05, 4.69) is 20.3 Å². The molecule has 1 N–H and O–H groups in total. The molecule has 3 aromatic rings. The number of hydrogen-bond acceptors (Lipinski definition) is 8. The number of nitrogens with zero attached hydrogens (tertiary/aromatic N) is 3.